The smallest absolute Gasteiger partial charge is 0.263 e. The van der Waals surface area contributed by atoms with E-state index >= 15 is 0 Å². The van der Waals surface area contributed by atoms with Crippen molar-refractivity contribution in [2.24, 2.45) is 0 Å². The summed E-state index contributed by atoms with van der Waals surface area (Å²) in [6.07, 6.45) is 17.3. The van der Waals surface area contributed by atoms with Crippen LogP contribution in [-0.4, -0.2) is 63.5 Å². The van der Waals surface area contributed by atoms with Crippen LogP contribution < -0.4 is 10.3 Å². The normalized spacial score (nSPS) is 13.0. The summed E-state index contributed by atoms with van der Waals surface area (Å²) in [7, 11) is -1.74. The summed E-state index contributed by atoms with van der Waals surface area (Å²) < 4.78 is 15.0. The second-order valence-corrected chi connectivity index (χ2v) is 21.8. The quantitative estimate of drug-likeness (QED) is 0.137. The predicted molar refractivity (Wildman–Crippen MR) is 176 cm³/mol. The fraction of sp³-hybridized carbons (Fsp3) is 0.375. The number of fused-ring (bicyclic) bond motifs is 2. The molecule has 0 aliphatic rings. The van der Waals surface area contributed by atoms with Crippen LogP contribution in [-0.2, 0) is 24.3 Å². The van der Waals surface area contributed by atoms with Crippen molar-refractivity contribution in [1.82, 2.24) is 19.5 Å². The number of rotatable bonds is 12. The average molecular weight is 593 g/mol. The maximum atomic E-state index is 14.1. The van der Waals surface area contributed by atoms with Gasteiger partial charge in [0.1, 0.15) is 18.2 Å². The molecule has 0 N–H and O–H groups in total. The van der Waals surface area contributed by atoms with E-state index in [4.69, 9.17) is 19.4 Å². The highest BCUT2D eigenvalue weighted by molar-refractivity contribution is 8.47. The van der Waals surface area contributed by atoms with Crippen molar-refractivity contribution in [3.8, 4) is 17.3 Å². The molecule has 0 fully saturated rings. The number of ether oxygens (including phenoxy) is 2. The number of hydrogen-bond donors (Lipinski definition) is 1. The molecule has 7 nitrogen and oxygen atoms in total. The van der Waals surface area contributed by atoms with Crippen LogP contribution in [0.1, 0.15) is 24.5 Å². The third kappa shape index (κ3) is 7.33. The third-order valence-corrected chi connectivity index (χ3v) is 9.88. The number of nitrogens with zero attached hydrogens (tertiary/aromatic N) is 4. The Morgan fingerprint density at radius 1 is 1.02 bits per heavy atom. The van der Waals surface area contributed by atoms with Gasteiger partial charge in [0.25, 0.3) is 5.56 Å². The summed E-state index contributed by atoms with van der Waals surface area (Å²) >= 11 is 1.64. The minimum atomic E-state index is -1.74. The van der Waals surface area contributed by atoms with Crippen molar-refractivity contribution >= 4 is 41.5 Å². The summed E-state index contributed by atoms with van der Waals surface area (Å²) in [6, 6.07) is 12.0. The molecule has 0 saturated heterocycles. The molecule has 218 valence electrons. The molecule has 9 heteroatoms. The molecule has 41 heavy (non-hydrogen) atoms. The van der Waals surface area contributed by atoms with Gasteiger partial charge in [0.2, 0.25) is 0 Å². The van der Waals surface area contributed by atoms with Crippen LogP contribution >= 0.6 is 20.5 Å². The van der Waals surface area contributed by atoms with Crippen LogP contribution in [0.3, 0.4) is 0 Å². The van der Waals surface area contributed by atoms with E-state index in [1.807, 2.05) is 54.3 Å². The number of pyridine rings is 2. The second kappa shape index (κ2) is 11.9. The molecule has 4 aromatic heterocycles. The summed E-state index contributed by atoms with van der Waals surface area (Å²) in [5, 5.41) is 3.67. The van der Waals surface area contributed by atoms with Gasteiger partial charge >= 0.3 is 0 Å². The number of thiol groups is 1. The van der Waals surface area contributed by atoms with Gasteiger partial charge in [-0.25, -0.2) is 4.98 Å². The monoisotopic (exact) mass is 592 g/mol. The van der Waals surface area contributed by atoms with Gasteiger partial charge in [0.15, 0.2) is 5.82 Å². The first-order valence-corrected chi connectivity index (χ1v) is 19.2. The van der Waals surface area contributed by atoms with Gasteiger partial charge in [-0.1, -0.05) is 6.92 Å². The van der Waals surface area contributed by atoms with Gasteiger partial charge in [-0.05, 0) is 108 Å². The minimum Gasteiger partial charge on any atom is -0.494 e. The standard InChI is InChI=1S/C32H40N4O3S2/c1-6-24-18-26(39-14-7-8-23-9-12-33-13-10-23)20-27-30(24)35-31(28-19-25-11-16-40-29(25)21-34-28)36(32(27)37)22-38-15-17-41(2,3,4)5/h9-13,16,18-21,41H,6-8,14-15,17,22H2,1-5H3. The molecule has 5 aromatic rings. The van der Waals surface area contributed by atoms with Gasteiger partial charge < -0.3 is 9.47 Å². The molecule has 0 saturated carbocycles. The maximum absolute atomic E-state index is 14.1. The average Bonchev–Trinajstić information content (AvgIpc) is 3.42. The van der Waals surface area contributed by atoms with Crippen molar-refractivity contribution in [2.75, 3.05) is 44.0 Å². The van der Waals surface area contributed by atoms with E-state index in [0.29, 0.717) is 41.4 Å². The zero-order valence-corrected chi connectivity index (χ0v) is 26.3. The number of hydrogen-bond acceptors (Lipinski definition) is 7. The summed E-state index contributed by atoms with van der Waals surface area (Å²) in [5.74, 6) is 2.19. The van der Waals surface area contributed by atoms with Gasteiger partial charge in [0, 0.05) is 18.6 Å². The lowest BCUT2D eigenvalue weighted by Crippen LogP contribution is -2.27. The highest BCUT2D eigenvalue weighted by atomic mass is 32.3. The van der Waals surface area contributed by atoms with Crippen LogP contribution in [0.25, 0.3) is 32.5 Å². The molecule has 1 aromatic carbocycles. The fourth-order valence-corrected chi connectivity index (χ4v) is 6.22. The van der Waals surface area contributed by atoms with Gasteiger partial charge in [-0.15, -0.1) is 11.3 Å². The third-order valence-electron chi connectivity index (χ3n) is 7.04. The van der Waals surface area contributed by atoms with E-state index in [1.165, 1.54) is 5.56 Å². The molecule has 5 rings (SSSR count). The van der Waals surface area contributed by atoms with E-state index in [9.17, 15) is 4.79 Å². The lowest BCUT2D eigenvalue weighted by Gasteiger charge is -2.46. The number of thiophene rings is 1. The Labute approximate surface area is 245 Å². The highest BCUT2D eigenvalue weighted by Gasteiger charge is 2.20. The van der Waals surface area contributed by atoms with Gasteiger partial charge in [-0.2, -0.15) is 0 Å². The molecule has 0 aliphatic carbocycles. The van der Waals surface area contributed by atoms with Crippen LogP contribution in [0.2, 0.25) is 0 Å². The molecule has 0 unspecified atom stereocenters. The zero-order chi connectivity index (χ0) is 29.1. The lowest BCUT2D eigenvalue weighted by atomic mass is 10.1. The van der Waals surface area contributed by atoms with Crippen molar-refractivity contribution in [3.05, 3.63) is 81.8 Å². The van der Waals surface area contributed by atoms with Crippen molar-refractivity contribution in [1.29, 1.82) is 0 Å². The van der Waals surface area contributed by atoms with Crippen molar-refractivity contribution < 1.29 is 9.47 Å². The fourth-order valence-electron chi connectivity index (χ4n) is 4.63. The Kier molecular flexibility index (Phi) is 8.50. The first-order valence-electron chi connectivity index (χ1n) is 14.1. The van der Waals surface area contributed by atoms with E-state index in [2.05, 4.69) is 43.0 Å². The zero-order valence-electron chi connectivity index (χ0n) is 24.6. The number of aryl methyl sites for hydroxylation is 2. The Hall–Kier alpha value is -3.27. The number of aromatic nitrogens is 4. The Morgan fingerprint density at radius 2 is 1.83 bits per heavy atom. The van der Waals surface area contributed by atoms with E-state index < -0.39 is 9.16 Å². The maximum Gasteiger partial charge on any atom is 0.263 e. The molecule has 0 spiro atoms. The second-order valence-electron chi connectivity index (χ2n) is 12.5. The molecular formula is C32H40N4O3S2. The predicted octanol–water partition coefficient (Wildman–Crippen LogP) is 6.21. The summed E-state index contributed by atoms with van der Waals surface area (Å²) in [4.78, 5) is 27.9. The van der Waals surface area contributed by atoms with Crippen LogP contribution in [0.5, 0.6) is 5.75 Å². The summed E-state index contributed by atoms with van der Waals surface area (Å²) in [5.41, 5.74) is 3.41. The minimum absolute atomic E-state index is 0.117. The molecule has 0 bridgehead atoms. The highest BCUT2D eigenvalue weighted by Crippen LogP contribution is 2.54. The van der Waals surface area contributed by atoms with Crippen LogP contribution in [0, 0.1) is 0 Å². The number of benzene rings is 1. The van der Waals surface area contributed by atoms with Crippen LogP contribution in [0.4, 0.5) is 0 Å². The van der Waals surface area contributed by atoms with Crippen LogP contribution in [0.15, 0.2) is 65.2 Å². The Morgan fingerprint density at radius 3 is 2.59 bits per heavy atom. The van der Waals surface area contributed by atoms with E-state index in [-0.39, 0.29) is 12.3 Å². The Bertz CT molecular complexity index is 1710. The molecule has 4 heterocycles. The molecule has 0 radical (unpaired) electrons. The SMILES string of the molecule is CCc1cc(OCCCc2ccncc2)cc2c(=O)n(COCC[SH](C)(C)(C)C)c(-c3cc4ccsc4cn3)nc12. The van der Waals surface area contributed by atoms with Gasteiger partial charge in [0.05, 0.1) is 28.8 Å². The lowest BCUT2D eigenvalue weighted by molar-refractivity contribution is 0.0879. The van der Waals surface area contributed by atoms with Crippen molar-refractivity contribution in [2.45, 2.75) is 32.9 Å². The Balaban J connectivity index is 1.49. The summed E-state index contributed by atoms with van der Waals surface area (Å²) in [6.45, 7) is 3.33. The van der Waals surface area contributed by atoms with Crippen molar-refractivity contribution in [3.63, 3.8) is 0 Å². The first kappa shape index (κ1) is 29.2. The molecule has 0 atom stereocenters. The topological polar surface area (TPSA) is 79.1 Å². The van der Waals surface area contributed by atoms with E-state index in [0.717, 1.165) is 40.7 Å². The van der Waals surface area contributed by atoms with Gasteiger partial charge in [-0.3, -0.25) is 28.5 Å². The molecule has 0 amide bonds. The molecule has 0 aliphatic heterocycles. The first-order chi connectivity index (χ1) is 19.6. The van der Waals surface area contributed by atoms with E-state index in [1.54, 1.807) is 15.9 Å². The molecular weight excluding hydrogens is 553 g/mol. The largest absolute Gasteiger partial charge is 0.494 e.